The molecule has 0 aromatic heterocycles. The Balaban J connectivity index is 1.55. The Morgan fingerprint density at radius 2 is 1.67 bits per heavy atom. The molecular weight excluding hydrogens is 302 g/mol. The largest absolute Gasteiger partial charge is 0.204 e. The van der Waals surface area contributed by atoms with Crippen molar-refractivity contribution in [3.63, 3.8) is 0 Å². The van der Waals surface area contributed by atoms with Crippen LogP contribution in [0.5, 0.6) is 0 Å². The smallest absolute Gasteiger partial charge is 0.162 e. The molecule has 0 radical (unpaired) electrons. The van der Waals surface area contributed by atoms with E-state index in [4.69, 9.17) is 0 Å². The van der Waals surface area contributed by atoms with Gasteiger partial charge >= 0.3 is 0 Å². The van der Waals surface area contributed by atoms with Crippen molar-refractivity contribution in [1.82, 2.24) is 0 Å². The second-order valence-corrected chi connectivity index (χ2v) is 7.07. The van der Waals surface area contributed by atoms with Crippen molar-refractivity contribution < 1.29 is 8.78 Å². The molecule has 0 bridgehead atoms. The molecule has 1 aliphatic carbocycles. The predicted molar refractivity (Wildman–Crippen MR) is 95.2 cm³/mol. The monoisotopic (exact) mass is 328 g/mol. The van der Waals surface area contributed by atoms with Crippen molar-refractivity contribution in [1.29, 1.82) is 0 Å². The summed E-state index contributed by atoms with van der Waals surface area (Å²) in [4.78, 5) is 0. The Morgan fingerprint density at radius 3 is 2.38 bits per heavy atom. The van der Waals surface area contributed by atoms with Crippen LogP contribution < -0.4 is 0 Å². The van der Waals surface area contributed by atoms with Crippen LogP contribution in [-0.4, -0.2) is 0 Å². The number of unbranched alkanes of at least 4 members (excludes halogenated alkanes) is 1. The zero-order valence-corrected chi connectivity index (χ0v) is 14.5. The van der Waals surface area contributed by atoms with Gasteiger partial charge in [-0.05, 0) is 79.2 Å². The van der Waals surface area contributed by atoms with Crippen LogP contribution in [0.4, 0.5) is 8.78 Å². The van der Waals surface area contributed by atoms with Gasteiger partial charge in [0.1, 0.15) is 0 Å². The molecule has 1 atom stereocenters. The van der Waals surface area contributed by atoms with Crippen LogP contribution >= 0.6 is 0 Å². The van der Waals surface area contributed by atoms with Gasteiger partial charge in [-0.15, -0.1) is 0 Å². The maximum absolute atomic E-state index is 13.8. The van der Waals surface area contributed by atoms with Crippen molar-refractivity contribution in [3.05, 3.63) is 70.3 Å². The normalized spacial score (nSPS) is 16.9. The highest BCUT2D eigenvalue weighted by Crippen LogP contribution is 2.31. The first-order chi connectivity index (χ1) is 11.7. The summed E-state index contributed by atoms with van der Waals surface area (Å²) in [6.07, 6.45) is 8.33. The van der Waals surface area contributed by atoms with Crippen LogP contribution in [0.25, 0.3) is 0 Å². The predicted octanol–water partition coefficient (Wildman–Crippen LogP) is 6.05. The Bertz CT molecular complexity index is 673. The second kappa shape index (κ2) is 7.92. The van der Waals surface area contributed by atoms with Gasteiger partial charge in [-0.1, -0.05) is 43.7 Å². The van der Waals surface area contributed by atoms with Gasteiger partial charge in [-0.25, -0.2) is 8.78 Å². The summed E-state index contributed by atoms with van der Waals surface area (Å²) < 4.78 is 27.1. The lowest BCUT2D eigenvalue weighted by molar-refractivity contribution is 0.409. The third-order valence-corrected chi connectivity index (χ3v) is 5.29. The van der Waals surface area contributed by atoms with E-state index in [0.29, 0.717) is 17.9 Å². The van der Waals surface area contributed by atoms with Gasteiger partial charge in [0.15, 0.2) is 11.6 Å². The molecule has 0 nitrogen and oxygen atoms in total. The molecule has 2 aromatic rings. The quantitative estimate of drug-likeness (QED) is 0.606. The van der Waals surface area contributed by atoms with Gasteiger partial charge in [0.25, 0.3) is 0 Å². The molecule has 0 heterocycles. The number of benzene rings is 2. The average molecular weight is 328 g/mol. The highest BCUT2D eigenvalue weighted by Gasteiger charge is 2.22. The zero-order chi connectivity index (χ0) is 16.9. The van der Waals surface area contributed by atoms with E-state index in [-0.39, 0.29) is 0 Å². The lowest BCUT2D eigenvalue weighted by atomic mass is 9.81. The zero-order valence-electron chi connectivity index (χ0n) is 14.5. The summed E-state index contributed by atoms with van der Waals surface area (Å²) in [5.41, 5.74) is 4.41. The van der Waals surface area contributed by atoms with E-state index >= 15 is 0 Å². The van der Waals surface area contributed by atoms with E-state index in [2.05, 4.69) is 31.2 Å². The molecule has 24 heavy (non-hydrogen) atoms. The first kappa shape index (κ1) is 17.1. The van der Waals surface area contributed by atoms with Gasteiger partial charge in [0, 0.05) is 0 Å². The molecular formula is C22H26F2. The SMILES string of the molecule is CCCCc1ccc(CCC2CCc3c(ccc(F)c3F)C2)cc1. The van der Waals surface area contributed by atoms with E-state index in [0.717, 1.165) is 37.7 Å². The lowest BCUT2D eigenvalue weighted by Crippen LogP contribution is -2.17. The van der Waals surface area contributed by atoms with Crippen LogP contribution in [0, 0.1) is 17.6 Å². The molecule has 0 N–H and O–H groups in total. The van der Waals surface area contributed by atoms with Crippen LogP contribution in [0.2, 0.25) is 0 Å². The van der Waals surface area contributed by atoms with Crippen LogP contribution in [0.15, 0.2) is 36.4 Å². The first-order valence-corrected chi connectivity index (χ1v) is 9.21. The van der Waals surface area contributed by atoms with Crippen LogP contribution in [0.3, 0.4) is 0 Å². The fourth-order valence-electron chi connectivity index (χ4n) is 3.73. The van der Waals surface area contributed by atoms with Gasteiger partial charge in [0.05, 0.1) is 0 Å². The minimum absolute atomic E-state index is 0.571. The third kappa shape index (κ3) is 4.03. The minimum Gasteiger partial charge on any atom is -0.204 e. The van der Waals surface area contributed by atoms with Crippen LogP contribution in [0.1, 0.15) is 54.9 Å². The summed E-state index contributed by atoms with van der Waals surface area (Å²) >= 11 is 0. The van der Waals surface area contributed by atoms with Gasteiger partial charge in [0.2, 0.25) is 0 Å². The van der Waals surface area contributed by atoms with Crippen molar-refractivity contribution >= 4 is 0 Å². The van der Waals surface area contributed by atoms with Gasteiger partial charge in [-0.2, -0.15) is 0 Å². The minimum atomic E-state index is -0.713. The first-order valence-electron chi connectivity index (χ1n) is 9.21. The number of halogens is 2. The number of hydrogen-bond donors (Lipinski definition) is 0. The highest BCUT2D eigenvalue weighted by molar-refractivity contribution is 5.32. The summed E-state index contributed by atoms with van der Waals surface area (Å²) in [7, 11) is 0. The number of hydrogen-bond acceptors (Lipinski definition) is 0. The fourth-order valence-corrected chi connectivity index (χ4v) is 3.73. The Labute approximate surface area is 143 Å². The maximum Gasteiger partial charge on any atom is 0.162 e. The molecule has 1 aliphatic rings. The second-order valence-electron chi connectivity index (χ2n) is 7.07. The maximum atomic E-state index is 13.8. The van der Waals surface area contributed by atoms with E-state index in [9.17, 15) is 8.78 Å². The fraction of sp³-hybridized carbons (Fsp3) is 0.455. The summed E-state index contributed by atoms with van der Waals surface area (Å²) in [5, 5.41) is 0. The molecule has 2 heteroatoms. The standard InChI is InChI=1S/C22H26F2/c1-2-3-4-16-5-7-17(8-6-16)9-10-18-11-13-20-19(15-18)12-14-21(23)22(20)24/h5-8,12,14,18H,2-4,9-11,13,15H2,1H3. The molecule has 0 saturated carbocycles. The topological polar surface area (TPSA) is 0 Å². The Morgan fingerprint density at radius 1 is 0.958 bits per heavy atom. The van der Waals surface area contributed by atoms with E-state index < -0.39 is 11.6 Å². The van der Waals surface area contributed by atoms with Crippen molar-refractivity contribution in [2.45, 2.75) is 58.3 Å². The summed E-state index contributed by atoms with van der Waals surface area (Å²) in [6, 6.07) is 12.0. The molecule has 128 valence electrons. The van der Waals surface area contributed by atoms with Gasteiger partial charge < -0.3 is 0 Å². The third-order valence-electron chi connectivity index (χ3n) is 5.29. The summed E-state index contributed by atoms with van der Waals surface area (Å²) in [6.45, 7) is 2.22. The molecule has 2 aromatic carbocycles. The van der Waals surface area contributed by atoms with Crippen molar-refractivity contribution in [2.75, 3.05) is 0 Å². The van der Waals surface area contributed by atoms with E-state index in [1.165, 1.54) is 30.0 Å². The molecule has 1 unspecified atom stereocenters. The van der Waals surface area contributed by atoms with Crippen LogP contribution in [-0.2, 0) is 25.7 Å². The molecule has 0 amide bonds. The number of fused-ring (bicyclic) bond motifs is 1. The number of rotatable bonds is 6. The Kier molecular flexibility index (Phi) is 5.65. The highest BCUT2D eigenvalue weighted by atomic mass is 19.2. The van der Waals surface area contributed by atoms with Crippen molar-refractivity contribution in [3.8, 4) is 0 Å². The Hall–Kier alpha value is -1.70. The van der Waals surface area contributed by atoms with E-state index in [1.54, 1.807) is 6.07 Å². The summed E-state index contributed by atoms with van der Waals surface area (Å²) in [5.74, 6) is -0.772. The van der Waals surface area contributed by atoms with E-state index in [1.807, 2.05) is 0 Å². The molecule has 0 spiro atoms. The van der Waals surface area contributed by atoms with Gasteiger partial charge in [-0.3, -0.25) is 0 Å². The lowest BCUT2D eigenvalue weighted by Gasteiger charge is -2.25. The molecule has 0 aliphatic heterocycles. The van der Waals surface area contributed by atoms with Crippen molar-refractivity contribution in [2.24, 2.45) is 5.92 Å². The molecule has 0 fully saturated rings. The number of aryl methyl sites for hydroxylation is 2. The molecule has 0 saturated heterocycles. The molecule has 3 rings (SSSR count). The average Bonchev–Trinajstić information content (AvgIpc) is 2.62.